The first-order chi connectivity index (χ1) is 6.18. The van der Waals surface area contributed by atoms with Crippen LogP contribution >= 0.6 is 15.9 Å². The molecular formula is C10H12BrNO. The van der Waals surface area contributed by atoms with Crippen molar-refractivity contribution in [3.8, 4) is 5.88 Å². The zero-order valence-corrected chi connectivity index (χ0v) is 9.17. The van der Waals surface area contributed by atoms with E-state index >= 15 is 0 Å². The SMILES string of the molecule is C=C(C)CCOc1ccc(Br)cn1. The summed E-state index contributed by atoms with van der Waals surface area (Å²) >= 11 is 3.30. The Kier molecular flexibility index (Phi) is 3.96. The average Bonchev–Trinajstić information content (AvgIpc) is 2.08. The zero-order valence-electron chi connectivity index (χ0n) is 7.59. The lowest BCUT2D eigenvalue weighted by atomic mass is 10.3. The number of ether oxygens (including phenoxy) is 1. The Labute approximate surface area is 86.8 Å². The van der Waals surface area contributed by atoms with Crippen LogP contribution in [0.5, 0.6) is 5.88 Å². The molecule has 3 heteroatoms. The van der Waals surface area contributed by atoms with Crippen molar-refractivity contribution < 1.29 is 4.74 Å². The summed E-state index contributed by atoms with van der Waals surface area (Å²) < 4.78 is 6.34. The first kappa shape index (κ1) is 10.3. The third-order valence-corrected chi connectivity index (χ3v) is 1.95. The van der Waals surface area contributed by atoms with Crippen molar-refractivity contribution in [2.75, 3.05) is 6.61 Å². The first-order valence-corrected chi connectivity index (χ1v) is 4.86. The maximum atomic E-state index is 5.38. The van der Waals surface area contributed by atoms with Gasteiger partial charge in [-0.15, -0.1) is 6.58 Å². The standard InChI is InChI=1S/C10H12BrNO/c1-8(2)5-6-13-10-4-3-9(11)7-12-10/h3-4,7H,1,5-6H2,2H3. The van der Waals surface area contributed by atoms with Crippen LogP contribution in [0.15, 0.2) is 35.0 Å². The molecule has 0 aliphatic rings. The highest BCUT2D eigenvalue weighted by Crippen LogP contribution is 2.12. The predicted molar refractivity (Wildman–Crippen MR) is 56.9 cm³/mol. The van der Waals surface area contributed by atoms with Crippen LogP contribution < -0.4 is 4.74 Å². The van der Waals surface area contributed by atoms with E-state index in [1.54, 1.807) is 6.20 Å². The molecule has 70 valence electrons. The van der Waals surface area contributed by atoms with Gasteiger partial charge in [-0.05, 0) is 28.9 Å². The number of aromatic nitrogens is 1. The van der Waals surface area contributed by atoms with Crippen LogP contribution in [0.3, 0.4) is 0 Å². The fourth-order valence-corrected chi connectivity index (χ4v) is 1.01. The van der Waals surface area contributed by atoms with Crippen LogP contribution in [0.1, 0.15) is 13.3 Å². The summed E-state index contributed by atoms with van der Waals surface area (Å²) in [6, 6.07) is 3.74. The molecule has 0 aromatic carbocycles. The van der Waals surface area contributed by atoms with Crippen molar-refractivity contribution in [3.05, 3.63) is 35.0 Å². The van der Waals surface area contributed by atoms with E-state index in [2.05, 4.69) is 27.5 Å². The second kappa shape index (κ2) is 5.02. The molecule has 0 saturated heterocycles. The topological polar surface area (TPSA) is 22.1 Å². The molecule has 0 unspecified atom stereocenters. The quantitative estimate of drug-likeness (QED) is 0.756. The number of rotatable bonds is 4. The lowest BCUT2D eigenvalue weighted by molar-refractivity contribution is 0.309. The van der Waals surface area contributed by atoms with Gasteiger partial charge in [0.25, 0.3) is 0 Å². The third-order valence-electron chi connectivity index (χ3n) is 1.48. The Morgan fingerprint density at radius 2 is 2.38 bits per heavy atom. The fraction of sp³-hybridized carbons (Fsp3) is 0.300. The maximum Gasteiger partial charge on any atom is 0.213 e. The molecule has 0 spiro atoms. The molecule has 0 amide bonds. The van der Waals surface area contributed by atoms with E-state index in [1.165, 1.54) is 0 Å². The second-order valence-electron chi connectivity index (χ2n) is 2.87. The highest BCUT2D eigenvalue weighted by molar-refractivity contribution is 9.10. The second-order valence-corrected chi connectivity index (χ2v) is 3.79. The van der Waals surface area contributed by atoms with Gasteiger partial charge >= 0.3 is 0 Å². The van der Waals surface area contributed by atoms with Crippen LogP contribution in [0.2, 0.25) is 0 Å². The van der Waals surface area contributed by atoms with Crippen molar-refractivity contribution >= 4 is 15.9 Å². The Morgan fingerprint density at radius 3 is 2.92 bits per heavy atom. The minimum Gasteiger partial charge on any atom is -0.477 e. The summed E-state index contributed by atoms with van der Waals surface area (Å²) in [5, 5.41) is 0. The molecule has 1 aromatic heterocycles. The van der Waals surface area contributed by atoms with Crippen LogP contribution in [0, 0.1) is 0 Å². The van der Waals surface area contributed by atoms with Crippen molar-refractivity contribution in [2.24, 2.45) is 0 Å². The normalized spacial score (nSPS) is 9.69. The Balaban J connectivity index is 2.37. The van der Waals surface area contributed by atoms with Gasteiger partial charge in [-0.1, -0.05) is 5.57 Å². The number of pyridine rings is 1. The maximum absolute atomic E-state index is 5.38. The van der Waals surface area contributed by atoms with E-state index in [9.17, 15) is 0 Å². The van der Waals surface area contributed by atoms with Crippen molar-refractivity contribution in [1.29, 1.82) is 0 Å². The summed E-state index contributed by atoms with van der Waals surface area (Å²) in [4.78, 5) is 4.08. The molecule has 0 fully saturated rings. The van der Waals surface area contributed by atoms with Gasteiger partial charge in [0.15, 0.2) is 0 Å². The highest BCUT2D eigenvalue weighted by atomic mass is 79.9. The van der Waals surface area contributed by atoms with Gasteiger partial charge in [0.1, 0.15) is 0 Å². The zero-order chi connectivity index (χ0) is 9.68. The van der Waals surface area contributed by atoms with E-state index in [-0.39, 0.29) is 0 Å². The molecule has 13 heavy (non-hydrogen) atoms. The Morgan fingerprint density at radius 1 is 1.62 bits per heavy atom. The Hall–Kier alpha value is -0.830. The van der Waals surface area contributed by atoms with Crippen molar-refractivity contribution in [2.45, 2.75) is 13.3 Å². The molecule has 1 rings (SSSR count). The molecular weight excluding hydrogens is 230 g/mol. The smallest absolute Gasteiger partial charge is 0.213 e. The lowest BCUT2D eigenvalue weighted by Gasteiger charge is -2.03. The molecule has 0 N–H and O–H groups in total. The minimum absolute atomic E-state index is 0.643. The van der Waals surface area contributed by atoms with Gasteiger partial charge in [-0.3, -0.25) is 0 Å². The van der Waals surface area contributed by atoms with Gasteiger partial charge in [0, 0.05) is 23.2 Å². The molecule has 1 heterocycles. The summed E-state index contributed by atoms with van der Waals surface area (Å²) in [6.45, 7) is 6.42. The average molecular weight is 242 g/mol. The van der Waals surface area contributed by atoms with Gasteiger partial charge in [0.2, 0.25) is 5.88 Å². The molecule has 0 aliphatic carbocycles. The van der Waals surface area contributed by atoms with E-state index in [0.717, 1.165) is 16.5 Å². The first-order valence-electron chi connectivity index (χ1n) is 4.07. The fourth-order valence-electron chi connectivity index (χ4n) is 0.777. The largest absolute Gasteiger partial charge is 0.477 e. The van der Waals surface area contributed by atoms with Crippen LogP contribution in [0.4, 0.5) is 0 Å². The predicted octanol–water partition coefficient (Wildman–Crippen LogP) is 3.19. The molecule has 2 nitrogen and oxygen atoms in total. The van der Waals surface area contributed by atoms with Gasteiger partial charge in [0.05, 0.1) is 6.61 Å². The molecule has 0 atom stereocenters. The Bertz CT molecular complexity index is 281. The van der Waals surface area contributed by atoms with Crippen molar-refractivity contribution in [1.82, 2.24) is 4.98 Å². The number of halogens is 1. The number of nitrogens with zero attached hydrogens (tertiary/aromatic N) is 1. The van der Waals surface area contributed by atoms with Crippen LogP contribution in [0.25, 0.3) is 0 Å². The molecule has 1 aromatic rings. The van der Waals surface area contributed by atoms with Crippen LogP contribution in [-0.4, -0.2) is 11.6 Å². The lowest BCUT2D eigenvalue weighted by Crippen LogP contribution is -1.98. The highest BCUT2D eigenvalue weighted by Gasteiger charge is 1.94. The molecule has 0 saturated carbocycles. The summed E-state index contributed by atoms with van der Waals surface area (Å²) in [5.74, 6) is 0.657. The summed E-state index contributed by atoms with van der Waals surface area (Å²) in [7, 11) is 0. The van der Waals surface area contributed by atoms with E-state index < -0.39 is 0 Å². The third kappa shape index (κ3) is 4.08. The van der Waals surface area contributed by atoms with Crippen LogP contribution in [-0.2, 0) is 0 Å². The van der Waals surface area contributed by atoms with Gasteiger partial charge in [-0.2, -0.15) is 0 Å². The molecule has 0 radical (unpaired) electrons. The van der Waals surface area contributed by atoms with E-state index in [0.29, 0.717) is 12.5 Å². The van der Waals surface area contributed by atoms with E-state index in [1.807, 2.05) is 19.1 Å². The van der Waals surface area contributed by atoms with Gasteiger partial charge < -0.3 is 4.74 Å². The molecule has 0 bridgehead atoms. The monoisotopic (exact) mass is 241 g/mol. The number of hydrogen-bond donors (Lipinski definition) is 0. The summed E-state index contributed by atoms with van der Waals surface area (Å²) in [5.41, 5.74) is 1.12. The summed E-state index contributed by atoms with van der Waals surface area (Å²) in [6.07, 6.45) is 2.59. The number of hydrogen-bond acceptors (Lipinski definition) is 2. The molecule has 0 aliphatic heterocycles. The minimum atomic E-state index is 0.643. The van der Waals surface area contributed by atoms with Crippen molar-refractivity contribution in [3.63, 3.8) is 0 Å². The van der Waals surface area contributed by atoms with E-state index in [4.69, 9.17) is 4.74 Å². The van der Waals surface area contributed by atoms with Gasteiger partial charge in [-0.25, -0.2) is 4.98 Å².